The molecule has 0 radical (unpaired) electrons. The quantitative estimate of drug-likeness (QED) is 0.550. The predicted octanol–water partition coefficient (Wildman–Crippen LogP) is -0.549. The molecule has 0 spiro atoms. The van der Waals surface area contributed by atoms with E-state index < -0.39 is 0 Å². The van der Waals surface area contributed by atoms with Gasteiger partial charge < -0.3 is 16.4 Å². The third-order valence-corrected chi connectivity index (χ3v) is 2.34. The van der Waals surface area contributed by atoms with Crippen molar-refractivity contribution < 1.29 is 4.79 Å². The Morgan fingerprint density at radius 2 is 2.46 bits per heavy atom. The van der Waals surface area contributed by atoms with Crippen molar-refractivity contribution in [3.63, 3.8) is 0 Å². The normalized spacial score (nSPS) is 22.7. The van der Waals surface area contributed by atoms with E-state index in [0.717, 1.165) is 13.1 Å². The first-order valence-electron chi connectivity index (χ1n) is 5.00. The zero-order chi connectivity index (χ0) is 9.52. The molecular formula is C9H19N3O. The fourth-order valence-corrected chi connectivity index (χ4v) is 1.64. The van der Waals surface area contributed by atoms with Crippen LogP contribution in [0.5, 0.6) is 0 Å². The number of rotatable bonds is 4. The van der Waals surface area contributed by atoms with Gasteiger partial charge in [0.25, 0.3) is 0 Å². The molecule has 1 aliphatic rings. The van der Waals surface area contributed by atoms with Gasteiger partial charge in [0, 0.05) is 19.5 Å². The molecule has 0 saturated carbocycles. The van der Waals surface area contributed by atoms with Crippen LogP contribution in [0.3, 0.4) is 0 Å². The first-order valence-corrected chi connectivity index (χ1v) is 5.00. The third-order valence-electron chi connectivity index (χ3n) is 2.34. The van der Waals surface area contributed by atoms with E-state index in [1.54, 1.807) is 0 Å². The van der Waals surface area contributed by atoms with Gasteiger partial charge in [0.05, 0.1) is 0 Å². The smallest absolute Gasteiger partial charge is 0.220 e. The van der Waals surface area contributed by atoms with Crippen LogP contribution in [-0.4, -0.2) is 32.1 Å². The summed E-state index contributed by atoms with van der Waals surface area (Å²) in [6.45, 7) is 3.20. The molecule has 0 aliphatic carbocycles. The average molecular weight is 185 g/mol. The van der Waals surface area contributed by atoms with Gasteiger partial charge in [-0.1, -0.05) is 0 Å². The summed E-state index contributed by atoms with van der Waals surface area (Å²) < 4.78 is 0. The summed E-state index contributed by atoms with van der Waals surface area (Å²) in [6, 6.07) is 0. The van der Waals surface area contributed by atoms with Gasteiger partial charge in [0.15, 0.2) is 0 Å². The zero-order valence-electron chi connectivity index (χ0n) is 8.01. The van der Waals surface area contributed by atoms with E-state index in [1.165, 1.54) is 12.8 Å². The lowest BCUT2D eigenvalue weighted by molar-refractivity contribution is -0.122. The molecule has 1 amide bonds. The van der Waals surface area contributed by atoms with Crippen LogP contribution in [-0.2, 0) is 4.79 Å². The summed E-state index contributed by atoms with van der Waals surface area (Å²) in [5, 5.41) is 6.08. The molecule has 1 aliphatic heterocycles. The lowest BCUT2D eigenvalue weighted by atomic mass is 9.96. The van der Waals surface area contributed by atoms with Gasteiger partial charge in [-0.05, 0) is 31.8 Å². The second kappa shape index (κ2) is 5.94. The Morgan fingerprint density at radius 1 is 1.62 bits per heavy atom. The van der Waals surface area contributed by atoms with Crippen LogP contribution >= 0.6 is 0 Å². The van der Waals surface area contributed by atoms with Crippen LogP contribution in [0.2, 0.25) is 0 Å². The molecule has 1 saturated heterocycles. The van der Waals surface area contributed by atoms with E-state index in [1.807, 2.05) is 0 Å². The van der Waals surface area contributed by atoms with E-state index in [4.69, 9.17) is 5.73 Å². The van der Waals surface area contributed by atoms with Gasteiger partial charge in [0.2, 0.25) is 5.91 Å². The molecule has 1 fully saturated rings. The molecule has 1 heterocycles. The van der Waals surface area contributed by atoms with Crippen molar-refractivity contribution in [2.45, 2.75) is 19.3 Å². The standard InChI is InChI=1S/C9H19N3O/c10-3-5-12-9(13)6-8-2-1-4-11-7-8/h8,11H,1-7,10H2,(H,12,13). The molecule has 1 unspecified atom stereocenters. The number of hydrogen-bond donors (Lipinski definition) is 3. The average Bonchev–Trinajstić information content (AvgIpc) is 2.16. The van der Waals surface area contributed by atoms with Gasteiger partial charge in [-0.15, -0.1) is 0 Å². The monoisotopic (exact) mass is 185 g/mol. The fraction of sp³-hybridized carbons (Fsp3) is 0.889. The zero-order valence-corrected chi connectivity index (χ0v) is 8.01. The maximum absolute atomic E-state index is 11.3. The lowest BCUT2D eigenvalue weighted by Gasteiger charge is -2.21. The van der Waals surface area contributed by atoms with Crippen molar-refractivity contribution in [3.05, 3.63) is 0 Å². The highest BCUT2D eigenvalue weighted by Crippen LogP contribution is 2.13. The molecule has 0 aromatic carbocycles. The van der Waals surface area contributed by atoms with Crippen molar-refractivity contribution in [3.8, 4) is 0 Å². The summed E-state index contributed by atoms with van der Waals surface area (Å²) in [7, 11) is 0. The van der Waals surface area contributed by atoms with E-state index in [2.05, 4.69) is 10.6 Å². The predicted molar refractivity (Wildman–Crippen MR) is 52.3 cm³/mol. The molecule has 1 rings (SSSR count). The minimum absolute atomic E-state index is 0.138. The second-order valence-corrected chi connectivity index (χ2v) is 3.56. The van der Waals surface area contributed by atoms with Crippen molar-refractivity contribution >= 4 is 5.91 Å². The van der Waals surface area contributed by atoms with Gasteiger partial charge in [0.1, 0.15) is 0 Å². The maximum atomic E-state index is 11.3. The van der Waals surface area contributed by atoms with Gasteiger partial charge in [-0.25, -0.2) is 0 Å². The highest BCUT2D eigenvalue weighted by atomic mass is 16.1. The molecule has 0 aromatic heterocycles. The summed E-state index contributed by atoms with van der Waals surface area (Å²) in [5.41, 5.74) is 5.28. The van der Waals surface area contributed by atoms with Crippen LogP contribution in [0.15, 0.2) is 0 Å². The molecule has 13 heavy (non-hydrogen) atoms. The Bertz CT molecular complexity index is 155. The third kappa shape index (κ3) is 4.24. The van der Waals surface area contributed by atoms with E-state index in [9.17, 15) is 4.79 Å². The Morgan fingerprint density at radius 3 is 3.08 bits per heavy atom. The Kier molecular flexibility index (Phi) is 4.78. The van der Waals surface area contributed by atoms with Crippen LogP contribution in [0.25, 0.3) is 0 Å². The van der Waals surface area contributed by atoms with Gasteiger partial charge >= 0.3 is 0 Å². The minimum Gasteiger partial charge on any atom is -0.355 e. The second-order valence-electron chi connectivity index (χ2n) is 3.56. The van der Waals surface area contributed by atoms with Crippen LogP contribution in [0, 0.1) is 5.92 Å². The van der Waals surface area contributed by atoms with E-state index >= 15 is 0 Å². The van der Waals surface area contributed by atoms with Crippen molar-refractivity contribution in [1.82, 2.24) is 10.6 Å². The lowest BCUT2D eigenvalue weighted by Crippen LogP contribution is -2.35. The number of nitrogens with one attached hydrogen (secondary N) is 2. The van der Waals surface area contributed by atoms with E-state index in [-0.39, 0.29) is 5.91 Å². The maximum Gasteiger partial charge on any atom is 0.220 e. The Hall–Kier alpha value is -0.610. The van der Waals surface area contributed by atoms with E-state index in [0.29, 0.717) is 25.4 Å². The number of piperidine rings is 1. The van der Waals surface area contributed by atoms with Gasteiger partial charge in [-0.2, -0.15) is 0 Å². The SMILES string of the molecule is NCCNC(=O)CC1CCCNC1. The summed E-state index contributed by atoms with van der Waals surface area (Å²) in [6.07, 6.45) is 3.00. The number of carbonyl (C=O) groups is 1. The Labute approximate surface area is 79.3 Å². The van der Waals surface area contributed by atoms with Crippen LogP contribution < -0.4 is 16.4 Å². The van der Waals surface area contributed by atoms with Crippen molar-refractivity contribution in [2.24, 2.45) is 11.7 Å². The van der Waals surface area contributed by atoms with Crippen molar-refractivity contribution in [1.29, 1.82) is 0 Å². The Balaban J connectivity index is 2.11. The largest absolute Gasteiger partial charge is 0.355 e. The molecule has 1 atom stereocenters. The first-order chi connectivity index (χ1) is 6.33. The molecule has 4 heteroatoms. The highest BCUT2D eigenvalue weighted by molar-refractivity contribution is 5.76. The van der Waals surface area contributed by atoms with Crippen LogP contribution in [0.1, 0.15) is 19.3 Å². The minimum atomic E-state index is 0.138. The number of hydrogen-bond acceptors (Lipinski definition) is 3. The molecule has 76 valence electrons. The summed E-state index contributed by atoms with van der Waals surface area (Å²) in [5.74, 6) is 0.658. The van der Waals surface area contributed by atoms with Gasteiger partial charge in [-0.3, -0.25) is 4.79 Å². The molecule has 4 N–H and O–H groups in total. The highest BCUT2D eigenvalue weighted by Gasteiger charge is 2.15. The topological polar surface area (TPSA) is 67.1 Å². The number of carbonyl (C=O) groups excluding carboxylic acids is 1. The molecule has 0 bridgehead atoms. The van der Waals surface area contributed by atoms with Crippen molar-refractivity contribution in [2.75, 3.05) is 26.2 Å². The molecule has 4 nitrogen and oxygen atoms in total. The van der Waals surface area contributed by atoms with Crippen LogP contribution in [0.4, 0.5) is 0 Å². The molecule has 0 aromatic rings. The fourth-order valence-electron chi connectivity index (χ4n) is 1.64. The molecular weight excluding hydrogens is 166 g/mol. The summed E-state index contributed by atoms with van der Waals surface area (Å²) >= 11 is 0. The number of amides is 1. The first kappa shape index (κ1) is 10.5. The summed E-state index contributed by atoms with van der Waals surface area (Å²) in [4.78, 5) is 11.3. The number of nitrogens with two attached hydrogens (primary N) is 1.